The predicted molar refractivity (Wildman–Crippen MR) is 80.7 cm³/mol. The molecule has 3 heteroatoms. The Balaban J connectivity index is 3.01. The van der Waals surface area contributed by atoms with Crippen LogP contribution in [0.5, 0.6) is 0 Å². The van der Waals surface area contributed by atoms with Crippen molar-refractivity contribution in [2.75, 3.05) is 6.54 Å². The first-order chi connectivity index (χ1) is 9.63. The van der Waals surface area contributed by atoms with Gasteiger partial charge in [-0.05, 0) is 37.8 Å². The van der Waals surface area contributed by atoms with E-state index in [9.17, 15) is 8.78 Å². The zero-order chi connectivity index (χ0) is 15.0. The summed E-state index contributed by atoms with van der Waals surface area (Å²) in [7, 11) is 0. The third-order valence-corrected chi connectivity index (χ3v) is 3.70. The number of benzene rings is 1. The molecule has 0 aliphatic carbocycles. The Labute approximate surface area is 121 Å². The van der Waals surface area contributed by atoms with E-state index in [-0.39, 0.29) is 6.04 Å². The summed E-state index contributed by atoms with van der Waals surface area (Å²) in [5.41, 5.74) is 0.603. The lowest BCUT2D eigenvalue weighted by molar-refractivity contribution is 0.309. The van der Waals surface area contributed by atoms with E-state index in [1.54, 1.807) is 6.07 Å². The van der Waals surface area contributed by atoms with Gasteiger partial charge in [0, 0.05) is 17.7 Å². The van der Waals surface area contributed by atoms with Crippen molar-refractivity contribution in [1.82, 2.24) is 5.32 Å². The minimum atomic E-state index is -0.511. The fourth-order valence-corrected chi connectivity index (χ4v) is 2.80. The molecular weight excluding hydrogens is 256 g/mol. The third kappa shape index (κ3) is 4.86. The standard InChI is InChI=1S/C17H27F2N/c1-4-7-13(8-5-2)17(20-11-6-3)15-10-9-14(18)12-16(15)19/h9-10,12-13,17,20H,4-8,11H2,1-3H3. The molecule has 1 aromatic rings. The second kappa shape index (κ2) is 9.06. The molecule has 0 aliphatic rings. The van der Waals surface area contributed by atoms with E-state index < -0.39 is 11.6 Å². The highest BCUT2D eigenvalue weighted by Gasteiger charge is 2.24. The lowest BCUT2D eigenvalue weighted by Crippen LogP contribution is -2.30. The summed E-state index contributed by atoms with van der Waals surface area (Å²) >= 11 is 0. The van der Waals surface area contributed by atoms with Crippen molar-refractivity contribution in [3.05, 3.63) is 35.4 Å². The molecule has 1 N–H and O–H groups in total. The maximum absolute atomic E-state index is 14.1. The Kier molecular flexibility index (Phi) is 7.75. The quantitative estimate of drug-likeness (QED) is 0.655. The zero-order valence-corrected chi connectivity index (χ0v) is 12.9. The van der Waals surface area contributed by atoms with Crippen molar-refractivity contribution in [1.29, 1.82) is 0 Å². The second-order valence-electron chi connectivity index (χ2n) is 5.44. The summed E-state index contributed by atoms with van der Waals surface area (Å²) in [6, 6.07) is 3.92. The number of hydrogen-bond donors (Lipinski definition) is 1. The van der Waals surface area contributed by atoms with Crippen LogP contribution in [0.3, 0.4) is 0 Å². The highest BCUT2D eigenvalue weighted by Crippen LogP contribution is 2.31. The largest absolute Gasteiger partial charge is 0.310 e. The molecule has 0 saturated heterocycles. The minimum Gasteiger partial charge on any atom is -0.310 e. The monoisotopic (exact) mass is 283 g/mol. The molecule has 0 heterocycles. The van der Waals surface area contributed by atoms with Crippen LogP contribution in [0.15, 0.2) is 18.2 Å². The molecule has 1 nitrogen and oxygen atoms in total. The first-order valence-electron chi connectivity index (χ1n) is 7.82. The average molecular weight is 283 g/mol. The normalized spacial score (nSPS) is 12.9. The van der Waals surface area contributed by atoms with Gasteiger partial charge in [0.05, 0.1) is 0 Å². The van der Waals surface area contributed by atoms with E-state index in [0.29, 0.717) is 11.5 Å². The molecule has 20 heavy (non-hydrogen) atoms. The van der Waals surface area contributed by atoms with E-state index in [2.05, 4.69) is 26.1 Å². The van der Waals surface area contributed by atoms with Gasteiger partial charge in [0.15, 0.2) is 0 Å². The van der Waals surface area contributed by atoms with Gasteiger partial charge < -0.3 is 5.32 Å². The van der Waals surface area contributed by atoms with Crippen molar-refractivity contribution in [3.63, 3.8) is 0 Å². The fourth-order valence-electron chi connectivity index (χ4n) is 2.80. The molecule has 0 spiro atoms. The van der Waals surface area contributed by atoms with E-state index >= 15 is 0 Å². The van der Waals surface area contributed by atoms with Gasteiger partial charge in [-0.25, -0.2) is 8.78 Å². The molecule has 1 unspecified atom stereocenters. The molecule has 0 bridgehead atoms. The third-order valence-electron chi connectivity index (χ3n) is 3.70. The van der Waals surface area contributed by atoms with E-state index in [1.807, 2.05) is 0 Å². The molecule has 114 valence electrons. The Bertz CT molecular complexity index is 387. The number of nitrogens with one attached hydrogen (secondary N) is 1. The van der Waals surface area contributed by atoms with E-state index in [1.165, 1.54) is 6.07 Å². The van der Waals surface area contributed by atoms with Crippen LogP contribution in [-0.2, 0) is 0 Å². The molecule has 1 atom stereocenters. The molecule has 0 aromatic heterocycles. The SMILES string of the molecule is CCCNC(c1ccc(F)cc1F)C(CCC)CCC. The van der Waals surface area contributed by atoms with Gasteiger partial charge >= 0.3 is 0 Å². The van der Waals surface area contributed by atoms with Crippen molar-refractivity contribution >= 4 is 0 Å². The summed E-state index contributed by atoms with van der Waals surface area (Å²) in [5.74, 6) is -0.546. The van der Waals surface area contributed by atoms with Crippen molar-refractivity contribution in [2.24, 2.45) is 5.92 Å². The lowest BCUT2D eigenvalue weighted by atomic mass is 9.85. The minimum absolute atomic E-state index is 0.0181. The number of hydrogen-bond acceptors (Lipinski definition) is 1. The second-order valence-corrected chi connectivity index (χ2v) is 5.44. The van der Waals surface area contributed by atoms with Gasteiger partial charge in [0.1, 0.15) is 11.6 Å². The van der Waals surface area contributed by atoms with Gasteiger partial charge in [-0.15, -0.1) is 0 Å². The van der Waals surface area contributed by atoms with Gasteiger partial charge in [0.25, 0.3) is 0 Å². The van der Waals surface area contributed by atoms with Crippen LogP contribution in [0.4, 0.5) is 8.78 Å². The summed E-state index contributed by atoms with van der Waals surface area (Å²) in [5, 5.41) is 3.45. The molecule has 0 aliphatic heterocycles. The molecular formula is C17H27F2N. The molecule has 1 aromatic carbocycles. The maximum Gasteiger partial charge on any atom is 0.130 e. The Hall–Kier alpha value is -0.960. The van der Waals surface area contributed by atoms with Gasteiger partial charge in [-0.1, -0.05) is 39.7 Å². The van der Waals surface area contributed by atoms with Crippen LogP contribution in [0, 0.1) is 17.6 Å². The highest BCUT2D eigenvalue weighted by atomic mass is 19.1. The van der Waals surface area contributed by atoms with Crippen LogP contribution in [0.1, 0.15) is 64.5 Å². The average Bonchev–Trinajstić information content (AvgIpc) is 2.41. The Morgan fingerprint density at radius 1 is 1.00 bits per heavy atom. The molecule has 0 radical (unpaired) electrons. The van der Waals surface area contributed by atoms with Crippen LogP contribution in [0.25, 0.3) is 0 Å². The van der Waals surface area contributed by atoms with E-state index in [0.717, 1.165) is 44.7 Å². The summed E-state index contributed by atoms with van der Waals surface area (Å²) in [6.07, 6.45) is 5.29. The van der Waals surface area contributed by atoms with Crippen LogP contribution in [0.2, 0.25) is 0 Å². The molecule has 1 rings (SSSR count). The van der Waals surface area contributed by atoms with Crippen molar-refractivity contribution < 1.29 is 8.78 Å². The first kappa shape index (κ1) is 17.1. The highest BCUT2D eigenvalue weighted by molar-refractivity contribution is 5.23. The Morgan fingerprint density at radius 3 is 2.15 bits per heavy atom. The number of halogens is 2. The van der Waals surface area contributed by atoms with Crippen LogP contribution < -0.4 is 5.32 Å². The molecule has 0 amide bonds. The molecule has 0 saturated carbocycles. The van der Waals surface area contributed by atoms with E-state index in [4.69, 9.17) is 0 Å². The molecule has 0 fully saturated rings. The predicted octanol–water partition coefficient (Wildman–Crippen LogP) is 5.22. The Morgan fingerprint density at radius 2 is 1.65 bits per heavy atom. The summed E-state index contributed by atoms with van der Waals surface area (Å²) in [6.45, 7) is 7.26. The number of rotatable bonds is 9. The summed E-state index contributed by atoms with van der Waals surface area (Å²) in [4.78, 5) is 0. The van der Waals surface area contributed by atoms with Crippen molar-refractivity contribution in [2.45, 2.75) is 58.9 Å². The van der Waals surface area contributed by atoms with Crippen LogP contribution in [-0.4, -0.2) is 6.54 Å². The maximum atomic E-state index is 14.1. The van der Waals surface area contributed by atoms with Gasteiger partial charge in [-0.2, -0.15) is 0 Å². The van der Waals surface area contributed by atoms with Crippen LogP contribution >= 0.6 is 0 Å². The zero-order valence-electron chi connectivity index (χ0n) is 12.9. The van der Waals surface area contributed by atoms with Gasteiger partial charge in [-0.3, -0.25) is 0 Å². The smallest absolute Gasteiger partial charge is 0.130 e. The lowest BCUT2D eigenvalue weighted by Gasteiger charge is -2.28. The van der Waals surface area contributed by atoms with Gasteiger partial charge in [0.2, 0.25) is 0 Å². The first-order valence-corrected chi connectivity index (χ1v) is 7.82. The fraction of sp³-hybridized carbons (Fsp3) is 0.647. The summed E-state index contributed by atoms with van der Waals surface area (Å²) < 4.78 is 27.2. The topological polar surface area (TPSA) is 12.0 Å². The van der Waals surface area contributed by atoms with Crippen molar-refractivity contribution in [3.8, 4) is 0 Å².